The van der Waals surface area contributed by atoms with Crippen LogP contribution in [-0.4, -0.2) is 28.6 Å². The molecule has 0 aliphatic carbocycles. The van der Waals surface area contributed by atoms with Gasteiger partial charge in [-0.15, -0.1) is 0 Å². The summed E-state index contributed by atoms with van der Waals surface area (Å²) in [5, 5.41) is 10.9. The third kappa shape index (κ3) is 5.41. The molecule has 0 radical (unpaired) electrons. The minimum atomic E-state index is -1.70. The SMILES string of the molecule is Cc1cccc(CN2C(C)[C@](C#N)(c3ccc(Cl)cc3F)[C@@H](c3cccc(Cl)c3F)[C@@H]2C(=O)OC(C)(C)C)c1. The van der Waals surface area contributed by atoms with Gasteiger partial charge in [-0.2, -0.15) is 5.26 Å². The van der Waals surface area contributed by atoms with Crippen molar-refractivity contribution in [3.63, 3.8) is 0 Å². The molecule has 1 saturated heterocycles. The van der Waals surface area contributed by atoms with E-state index in [1.807, 2.05) is 36.1 Å². The van der Waals surface area contributed by atoms with Gasteiger partial charge < -0.3 is 4.74 Å². The van der Waals surface area contributed by atoms with Crippen LogP contribution in [0.5, 0.6) is 0 Å². The molecule has 1 aliphatic heterocycles. The smallest absolute Gasteiger partial charge is 0.324 e. The molecule has 0 saturated carbocycles. The number of carbonyl (C=O) groups is 1. The van der Waals surface area contributed by atoms with Crippen LogP contribution in [0.1, 0.15) is 55.9 Å². The first-order chi connectivity index (χ1) is 18.3. The van der Waals surface area contributed by atoms with Crippen LogP contribution in [0.25, 0.3) is 0 Å². The zero-order valence-electron chi connectivity index (χ0n) is 22.4. The number of ether oxygens (including phenoxy) is 1. The molecule has 4 nitrogen and oxygen atoms in total. The summed E-state index contributed by atoms with van der Waals surface area (Å²) in [5.41, 5.74) is -0.617. The summed E-state index contributed by atoms with van der Waals surface area (Å²) >= 11 is 12.3. The number of hydrogen-bond acceptors (Lipinski definition) is 4. The fraction of sp³-hybridized carbons (Fsp3) is 0.355. The molecule has 0 spiro atoms. The van der Waals surface area contributed by atoms with E-state index in [-0.39, 0.29) is 27.7 Å². The average Bonchev–Trinajstić information content (AvgIpc) is 3.08. The molecule has 0 bridgehead atoms. The molecule has 1 fully saturated rings. The summed E-state index contributed by atoms with van der Waals surface area (Å²) < 4.78 is 37.3. The van der Waals surface area contributed by atoms with E-state index in [0.717, 1.165) is 17.2 Å². The third-order valence-electron chi connectivity index (χ3n) is 7.29. The zero-order chi connectivity index (χ0) is 28.7. The van der Waals surface area contributed by atoms with E-state index in [0.29, 0.717) is 0 Å². The van der Waals surface area contributed by atoms with Gasteiger partial charge in [-0.05, 0) is 63.9 Å². The molecule has 1 heterocycles. The van der Waals surface area contributed by atoms with Crippen molar-refractivity contribution < 1.29 is 18.3 Å². The van der Waals surface area contributed by atoms with Crippen LogP contribution >= 0.6 is 23.2 Å². The Morgan fingerprint density at radius 1 is 1.10 bits per heavy atom. The van der Waals surface area contributed by atoms with E-state index in [1.165, 1.54) is 24.3 Å². The number of nitriles is 1. The summed E-state index contributed by atoms with van der Waals surface area (Å²) in [6.07, 6.45) is 0. The fourth-order valence-electron chi connectivity index (χ4n) is 5.71. The van der Waals surface area contributed by atoms with Gasteiger partial charge in [0.25, 0.3) is 0 Å². The number of rotatable bonds is 5. The van der Waals surface area contributed by atoms with Crippen LogP contribution in [0.4, 0.5) is 8.78 Å². The standard InChI is InChI=1S/C31H30Cl2F2N2O2/c1-18-8-6-9-20(14-18)16-37-19(2)31(17-36,23-13-12-21(32)15-25(23)34)26(22-10-7-11-24(33)27(22)35)28(37)29(38)39-30(3,4)5/h6-15,19,26,28H,16H2,1-5H3/t19?,26-,28+,31+/m0/s1. The number of carbonyl (C=O) groups excluding carboxylic acids is 1. The number of halogens is 4. The maximum absolute atomic E-state index is 15.8. The highest BCUT2D eigenvalue weighted by Gasteiger charge is 2.63. The van der Waals surface area contributed by atoms with Crippen molar-refractivity contribution >= 4 is 29.2 Å². The van der Waals surface area contributed by atoms with Crippen LogP contribution in [0.2, 0.25) is 10.0 Å². The van der Waals surface area contributed by atoms with E-state index in [4.69, 9.17) is 27.9 Å². The van der Waals surface area contributed by atoms with Crippen molar-refractivity contribution in [2.45, 2.75) is 70.2 Å². The van der Waals surface area contributed by atoms with Crippen LogP contribution in [0.3, 0.4) is 0 Å². The lowest BCUT2D eigenvalue weighted by atomic mass is 9.65. The minimum Gasteiger partial charge on any atom is -0.459 e. The van der Waals surface area contributed by atoms with Crippen molar-refractivity contribution in [1.82, 2.24) is 4.90 Å². The van der Waals surface area contributed by atoms with Crippen LogP contribution in [-0.2, 0) is 21.5 Å². The molecule has 8 heteroatoms. The maximum atomic E-state index is 15.8. The van der Waals surface area contributed by atoms with Gasteiger partial charge in [0.1, 0.15) is 28.7 Å². The molecule has 1 unspecified atom stereocenters. The largest absolute Gasteiger partial charge is 0.459 e. The van der Waals surface area contributed by atoms with E-state index in [9.17, 15) is 10.1 Å². The first kappa shape index (κ1) is 29.0. The first-order valence-corrected chi connectivity index (χ1v) is 13.4. The number of hydrogen-bond donors (Lipinski definition) is 0. The second kappa shape index (κ2) is 10.9. The Balaban J connectivity index is 2.04. The molecule has 0 amide bonds. The lowest BCUT2D eigenvalue weighted by molar-refractivity contribution is -0.161. The molecule has 0 aromatic heterocycles. The molecular weight excluding hydrogens is 541 g/mol. The van der Waals surface area contributed by atoms with Crippen molar-refractivity contribution in [3.05, 3.63) is 105 Å². The molecule has 39 heavy (non-hydrogen) atoms. The van der Waals surface area contributed by atoms with E-state index in [2.05, 4.69) is 6.07 Å². The van der Waals surface area contributed by atoms with Gasteiger partial charge in [-0.1, -0.05) is 71.2 Å². The Labute approximate surface area is 238 Å². The van der Waals surface area contributed by atoms with E-state index < -0.39 is 46.6 Å². The Morgan fingerprint density at radius 2 is 1.79 bits per heavy atom. The van der Waals surface area contributed by atoms with Crippen LogP contribution in [0.15, 0.2) is 60.7 Å². The molecule has 4 rings (SSSR count). The van der Waals surface area contributed by atoms with Crippen LogP contribution < -0.4 is 0 Å². The topological polar surface area (TPSA) is 53.3 Å². The second-order valence-corrected chi connectivity index (χ2v) is 11.9. The molecule has 204 valence electrons. The van der Waals surface area contributed by atoms with Gasteiger partial charge in [-0.3, -0.25) is 9.69 Å². The molecule has 4 atom stereocenters. The van der Waals surface area contributed by atoms with Crippen molar-refractivity contribution in [2.75, 3.05) is 0 Å². The maximum Gasteiger partial charge on any atom is 0.324 e. The third-order valence-corrected chi connectivity index (χ3v) is 7.82. The highest BCUT2D eigenvalue weighted by atomic mass is 35.5. The fourth-order valence-corrected chi connectivity index (χ4v) is 6.05. The Hall–Kier alpha value is -2.98. The zero-order valence-corrected chi connectivity index (χ0v) is 23.9. The Bertz CT molecular complexity index is 1450. The molecule has 3 aromatic rings. The Kier molecular flexibility index (Phi) is 8.10. The van der Waals surface area contributed by atoms with Gasteiger partial charge in [0.2, 0.25) is 0 Å². The summed E-state index contributed by atoms with van der Waals surface area (Å²) in [6, 6.07) is 16.7. The van der Waals surface area contributed by atoms with E-state index in [1.54, 1.807) is 33.8 Å². The summed E-state index contributed by atoms with van der Waals surface area (Å²) in [4.78, 5) is 15.8. The number of likely N-dealkylation sites (tertiary alicyclic amines) is 1. The summed E-state index contributed by atoms with van der Waals surface area (Å²) in [7, 11) is 0. The predicted molar refractivity (Wildman–Crippen MR) is 149 cm³/mol. The molecule has 3 aromatic carbocycles. The van der Waals surface area contributed by atoms with Crippen molar-refractivity contribution in [2.24, 2.45) is 0 Å². The quantitative estimate of drug-likeness (QED) is 0.294. The van der Waals surface area contributed by atoms with Gasteiger partial charge in [0.05, 0.1) is 11.1 Å². The lowest BCUT2D eigenvalue weighted by Crippen LogP contribution is -2.44. The first-order valence-electron chi connectivity index (χ1n) is 12.6. The van der Waals surface area contributed by atoms with Gasteiger partial charge in [0.15, 0.2) is 0 Å². The number of benzene rings is 3. The molecule has 0 N–H and O–H groups in total. The lowest BCUT2D eigenvalue weighted by Gasteiger charge is -2.34. The highest BCUT2D eigenvalue weighted by Crippen LogP contribution is 2.55. The minimum absolute atomic E-state index is 0.0200. The number of aryl methyl sites for hydroxylation is 1. The highest BCUT2D eigenvalue weighted by molar-refractivity contribution is 6.31. The summed E-state index contributed by atoms with van der Waals surface area (Å²) in [6.45, 7) is 9.16. The van der Waals surface area contributed by atoms with Gasteiger partial charge in [0, 0.05) is 29.1 Å². The summed E-state index contributed by atoms with van der Waals surface area (Å²) in [5.74, 6) is -3.29. The number of nitrogens with zero attached hydrogens (tertiary/aromatic N) is 2. The van der Waals surface area contributed by atoms with Crippen LogP contribution in [0, 0.1) is 29.9 Å². The average molecular weight is 571 g/mol. The van der Waals surface area contributed by atoms with Crippen molar-refractivity contribution in [3.8, 4) is 6.07 Å². The van der Waals surface area contributed by atoms with Gasteiger partial charge >= 0.3 is 5.97 Å². The Morgan fingerprint density at radius 3 is 2.41 bits per heavy atom. The molecular formula is C31H30Cl2F2N2O2. The number of esters is 1. The normalized spacial score (nSPS) is 23.4. The van der Waals surface area contributed by atoms with Crippen molar-refractivity contribution in [1.29, 1.82) is 5.26 Å². The predicted octanol–water partition coefficient (Wildman–Crippen LogP) is 7.74. The monoisotopic (exact) mass is 570 g/mol. The molecule has 1 aliphatic rings. The van der Waals surface area contributed by atoms with Gasteiger partial charge in [-0.25, -0.2) is 8.78 Å². The second-order valence-electron chi connectivity index (χ2n) is 11.0. The van der Waals surface area contributed by atoms with E-state index >= 15 is 8.78 Å².